The first-order valence-corrected chi connectivity index (χ1v) is 5.98. The molecule has 1 aliphatic heterocycles. The second-order valence-corrected chi connectivity index (χ2v) is 5.55. The standard InChI is InChI=1S/C12H25N3O2.HI/c1-11(2,16-5)6-14-10(13-4)15-7-12(3)8-17-9-12;/h6-9H2,1-5H3,(H2,13,14,15);1H. The molecule has 1 saturated heterocycles. The van der Waals surface area contributed by atoms with E-state index in [0.29, 0.717) is 0 Å². The Labute approximate surface area is 127 Å². The zero-order valence-electron chi connectivity index (χ0n) is 12.0. The zero-order valence-corrected chi connectivity index (χ0v) is 14.3. The van der Waals surface area contributed by atoms with E-state index in [1.807, 2.05) is 13.8 Å². The molecule has 5 nitrogen and oxygen atoms in total. The highest BCUT2D eigenvalue weighted by atomic mass is 127. The van der Waals surface area contributed by atoms with E-state index in [9.17, 15) is 0 Å². The lowest BCUT2D eigenvalue weighted by Gasteiger charge is -2.38. The lowest BCUT2D eigenvalue weighted by atomic mass is 9.89. The van der Waals surface area contributed by atoms with Gasteiger partial charge >= 0.3 is 0 Å². The fourth-order valence-corrected chi connectivity index (χ4v) is 1.44. The second-order valence-electron chi connectivity index (χ2n) is 5.55. The molecule has 0 amide bonds. The highest BCUT2D eigenvalue weighted by molar-refractivity contribution is 14.0. The van der Waals surface area contributed by atoms with Crippen molar-refractivity contribution in [2.45, 2.75) is 26.4 Å². The van der Waals surface area contributed by atoms with Crippen molar-refractivity contribution >= 4 is 29.9 Å². The molecule has 108 valence electrons. The molecule has 6 heteroatoms. The maximum absolute atomic E-state index is 5.35. The number of hydrogen-bond acceptors (Lipinski definition) is 3. The highest BCUT2D eigenvalue weighted by Crippen LogP contribution is 2.24. The van der Waals surface area contributed by atoms with Crippen molar-refractivity contribution in [3.8, 4) is 0 Å². The van der Waals surface area contributed by atoms with E-state index in [1.54, 1.807) is 14.2 Å². The SMILES string of the molecule is CN=C(NCC1(C)COC1)NCC(C)(C)OC.I. The Morgan fingerprint density at radius 1 is 1.39 bits per heavy atom. The molecule has 0 aromatic heterocycles. The summed E-state index contributed by atoms with van der Waals surface area (Å²) < 4.78 is 10.6. The summed E-state index contributed by atoms with van der Waals surface area (Å²) in [4.78, 5) is 4.18. The lowest BCUT2D eigenvalue weighted by molar-refractivity contribution is -0.0971. The number of guanidine groups is 1. The summed E-state index contributed by atoms with van der Waals surface area (Å²) in [6, 6.07) is 0. The molecule has 2 N–H and O–H groups in total. The Kier molecular flexibility index (Phi) is 7.46. The summed E-state index contributed by atoms with van der Waals surface area (Å²) in [5, 5.41) is 6.57. The Hall–Kier alpha value is -0.0800. The van der Waals surface area contributed by atoms with Gasteiger partial charge in [-0.1, -0.05) is 6.92 Å². The number of nitrogens with zero attached hydrogens (tertiary/aromatic N) is 1. The van der Waals surface area contributed by atoms with E-state index in [4.69, 9.17) is 9.47 Å². The summed E-state index contributed by atoms with van der Waals surface area (Å²) in [5.74, 6) is 0.809. The van der Waals surface area contributed by atoms with Gasteiger partial charge in [0.05, 0.1) is 18.8 Å². The van der Waals surface area contributed by atoms with Crippen LogP contribution in [0.4, 0.5) is 0 Å². The van der Waals surface area contributed by atoms with Gasteiger partial charge in [-0.25, -0.2) is 0 Å². The fourth-order valence-electron chi connectivity index (χ4n) is 1.44. The third kappa shape index (κ3) is 5.71. The number of hydrogen-bond donors (Lipinski definition) is 2. The number of rotatable bonds is 5. The van der Waals surface area contributed by atoms with Crippen LogP contribution in [0.15, 0.2) is 4.99 Å². The first-order valence-electron chi connectivity index (χ1n) is 5.98. The van der Waals surface area contributed by atoms with Crippen molar-refractivity contribution in [3.05, 3.63) is 0 Å². The molecule has 1 heterocycles. The molecule has 1 fully saturated rings. The van der Waals surface area contributed by atoms with Gasteiger partial charge in [0, 0.05) is 32.7 Å². The van der Waals surface area contributed by atoms with Crippen LogP contribution in [0.3, 0.4) is 0 Å². The van der Waals surface area contributed by atoms with Crippen molar-refractivity contribution in [2.24, 2.45) is 10.4 Å². The molecule has 0 spiro atoms. The van der Waals surface area contributed by atoms with Gasteiger partial charge in [0.1, 0.15) is 0 Å². The van der Waals surface area contributed by atoms with Crippen LogP contribution in [0.5, 0.6) is 0 Å². The van der Waals surface area contributed by atoms with Crippen LogP contribution < -0.4 is 10.6 Å². The van der Waals surface area contributed by atoms with Gasteiger partial charge in [-0.15, -0.1) is 24.0 Å². The number of nitrogens with one attached hydrogen (secondary N) is 2. The monoisotopic (exact) mass is 371 g/mol. The van der Waals surface area contributed by atoms with E-state index >= 15 is 0 Å². The van der Waals surface area contributed by atoms with Crippen LogP contribution >= 0.6 is 24.0 Å². The number of halogens is 1. The third-order valence-electron chi connectivity index (χ3n) is 3.04. The largest absolute Gasteiger partial charge is 0.380 e. The maximum atomic E-state index is 5.35. The van der Waals surface area contributed by atoms with Gasteiger partial charge in [0.2, 0.25) is 0 Å². The van der Waals surface area contributed by atoms with E-state index in [1.165, 1.54) is 0 Å². The van der Waals surface area contributed by atoms with Gasteiger partial charge in [-0.3, -0.25) is 4.99 Å². The summed E-state index contributed by atoms with van der Waals surface area (Å²) in [7, 11) is 3.49. The minimum Gasteiger partial charge on any atom is -0.380 e. The smallest absolute Gasteiger partial charge is 0.191 e. The molecule has 1 aliphatic rings. The molecule has 0 unspecified atom stereocenters. The van der Waals surface area contributed by atoms with Gasteiger partial charge in [-0.2, -0.15) is 0 Å². The number of ether oxygens (including phenoxy) is 2. The van der Waals surface area contributed by atoms with Crippen molar-refractivity contribution in [1.82, 2.24) is 10.6 Å². The molecule has 0 radical (unpaired) electrons. The maximum Gasteiger partial charge on any atom is 0.191 e. The second kappa shape index (κ2) is 7.49. The quantitative estimate of drug-likeness (QED) is 0.434. The van der Waals surface area contributed by atoms with Crippen molar-refractivity contribution in [2.75, 3.05) is 40.5 Å². The van der Waals surface area contributed by atoms with Crippen LogP contribution in [0, 0.1) is 5.41 Å². The van der Waals surface area contributed by atoms with Crippen LogP contribution in [0.2, 0.25) is 0 Å². The molecule has 18 heavy (non-hydrogen) atoms. The minimum atomic E-state index is -0.193. The number of methoxy groups -OCH3 is 1. The molecular formula is C12H26IN3O2. The van der Waals surface area contributed by atoms with Crippen LogP contribution in [0.25, 0.3) is 0 Å². The molecule has 0 saturated carbocycles. The molecule has 1 rings (SSSR count). The first-order chi connectivity index (χ1) is 7.91. The summed E-state index contributed by atoms with van der Waals surface area (Å²) in [5.41, 5.74) is 0.0511. The average Bonchev–Trinajstić information content (AvgIpc) is 2.27. The normalized spacial score (nSPS) is 18.6. The molecule has 0 bridgehead atoms. The van der Waals surface area contributed by atoms with Crippen LogP contribution in [-0.4, -0.2) is 52.0 Å². The molecule has 0 aromatic rings. The Balaban J connectivity index is 0.00000289. The Morgan fingerprint density at radius 2 is 2.00 bits per heavy atom. The predicted molar refractivity (Wildman–Crippen MR) is 84.8 cm³/mol. The Bertz CT molecular complexity index is 261. The van der Waals surface area contributed by atoms with E-state index in [0.717, 1.165) is 32.3 Å². The molecule has 0 aromatic carbocycles. The van der Waals surface area contributed by atoms with Gasteiger partial charge in [0.15, 0.2) is 5.96 Å². The van der Waals surface area contributed by atoms with Crippen LogP contribution in [0.1, 0.15) is 20.8 Å². The zero-order chi connectivity index (χ0) is 12.9. The van der Waals surface area contributed by atoms with Gasteiger partial charge < -0.3 is 20.1 Å². The van der Waals surface area contributed by atoms with Crippen LogP contribution in [-0.2, 0) is 9.47 Å². The number of aliphatic imine (C=N–C) groups is 1. The van der Waals surface area contributed by atoms with E-state index < -0.39 is 0 Å². The van der Waals surface area contributed by atoms with Gasteiger partial charge in [0.25, 0.3) is 0 Å². The molecule has 0 atom stereocenters. The Morgan fingerprint density at radius 3 is 2.39 bits per heavy atom. The van der Waals surface area contributed by atoms with E-state index in [2.05, 4.69) is 22.5 Å². The minimum absolute atomic E-state index is 0. The fraction of sp³-hybridized carbons (Fsp3) is 0.917. The molecular weight excluding hydrogens is 345 g/mol. The third-order valence-corrected chi connectivity index (χ3v) is 3.04. The summed E-state index contributed by atoms with van der Waals surface area (Å²) in [6.45, 7) is 9.51. The van der Waals surface area contributed by atoms with Crippen molar-refractivity contribution in [3.63, 3.8) is 0 Å². The summed E-state index contributed by atoms with van der Waals surface area (Å²) in [6.07, 6.45) is 0. The molecule has 0 aliphatic carbocycles. The first kappa shape index (κ1) is 17.9. The predicted octanol–water partition coefficient (Wildman–Crippen LogP) is 1.23. The van der Waals surface area contributed by atoms with E-state index in [-0.39, 0.29) is 35.0 Å². The average molecular weight is 371 g/mol. The van der Waals surface area contributed by atoms with Gasteiger partial charge in [-0.05, 0) is 13.8 Å². The topological polar surface area (TPSA) is 54.9 Å². The van der Waals surface area contributed by atoms with Crippen molar-refractivity contribution in [1.29, 1.82) is 0 Å². The van der Waals surface area contributed by atoms with Crippen molar-refractivity contribution < 1.29 is 9.47 Å². The summed E-state index contributed by atoms with van der Waals surface area (Å²) >= 11 is 0. The highest BCUT2D eigenvalue weighted by Gasteiger charge is 2.33. The lowest BCUT2D eigenvalue weighted by Crippen LogP contribution is -2.52.